The number of piperazine rings is 1. The van der Waals surface area contributed by atoms with Gasteiger partial charge in [0.2, 0.25) is 5.95 Å². The maximum atomic E-state index is 5.53. The van der Waals surface area contributed by atoms with Crippen LogP contribution in [0.4, 0.5) is 5.95 Å². The van der Waals surface area contributed by atoms with Crippen molar-refractivity contribution in [1.29, 1.82) is 0 Å². The third-order valence-electron chi connectivity index (χ3n) is 5.43. The number of guanidine groups is 1. The molecule has 3 heterocycles. The molecular formula is C20H35N7O. The van der Waals surface area contributed by atoms with Crippen molar-refractivity contribution >= 4 is 11.9 Å². The molecule has 1 unspecified atom stereocenters. The van der Waals surface area contributed by atoms with Crippen LogP contribution in [0.1, 0.15) is 20.3 Å². The molecule has 28 heavy (non-hydrogen) atoms. The number of nitrogens with zero attached hydrogens (tertiary/aromatic N) is 6. The van der Waals surface area contributed by atoms with Gasteiger partial charge < -0.3 is 19.9 Å². The second-order valence-corrected chi connectivity index (χ2v) is 7.88. The van der Waals surface area contributed by atoms with E-state index in [4.69, 9.17) is 4.74 Å². The molecule has 0 aliphatic carbocycles. The van der Waals surface area contributed by atoms with Crippen molar-refractivity contribution in [2.75, 3.05) is 71.0 Å². The van der Waals surface area contributed by atoms with Crippen molar-refractivity contribution in [3.05, 3.63) is 18.5 Å². The molecule has 2 saturated heterocycles. The molecule has 0 spiro atoms. The predicted octanol–water partition coefficient (Wildman–Crippen LogP) is 0.921. The molecule has 1 atom stereocenters. The Bertz CT molecular complexity index is 596. The summed E-state index contributed by atoms with van der Waals surface area (Å²) in [5.41, 5.74) is 0. The number of nitrogens with one attached hydrogen (secondary N) is 1. The molecule has 0 aromatic carbocycles. The highest BCUT2D eigenvalue weighted by molar-refractivity contribution is 5.80. The number of hydrogen-bond acceptors (Lipinski definition) is 6. The first-order chi connectivity index (χ1) is 13.7. The van der Waals surface area contributed by atoms with Crippen molar-refractivity contribution in [3.8, 4) is 0 Å². The summed E-state index contributed by atoms with van der Waals surface area (Å²) < 4.78 is 5.53. The summed E-state index contributed by atoms with van der Waals surface area (Å²) in [6.07, 6.45) is 4.79. The maximum absolute atomic E-state index is 5.53. The summed E-state index contributed by atoms with van der Waals surface area (Å²) >= 11 is 0. The summed E-state index contributed by atoms with van der Waals surface area (Å²) in [6.45, 7) is 12.9. The topological polar surface area (TPSA) is 69.1 Å². The van der Waals surface area contributed by atoms with Gasteiger partial charge in [-0.2, -0.15) is 0 Å². The first-order valence-corrected chi connectivity index (χ1v) is 10.5. The molecule has 2 fully saturated rings. The number of anilines is 1. The summed E-state index contributed by atoms with van der Waals surface area (Å²) in [5.74, 6) is 2.48. The Morgan fingerprint density at radius 2 is 1.79 bits per heavy atom. The maximum Gasteiger partial charge on any atom is 0.225 e. The monoisotopic (exact) mass is 389 g/mol. The van der Waals surface area contributed by atoms with E-state index >= 15 is 0 Å². The average molecular weight is 390 g/mol. The summed E-state index contributed by atoms with van der Waals surface area (Å²) in [5, 5.41) is 3.64. The summed E-state index contributed by atoms with van der Waals surface area (Å²) in [4.78, 5) is 20.4. The largest absolute Gasteiger partial charge is 0.379 e. The van der Waals surface area contributed by atoms with Crippen molar-refractivity contribution in [2.24, 2.45) is 10.9 Å². The first kappa shape index (κ1) is 20.8. The number of morpholine rings is 1. The van der Waals surface area contributed by atoms with Crippen molar-refractivity contribution in [3.63, 3.8) is 0 Å². The van der Waals surface area contributed by atoms with Crippen LogP contribution in [-0.4, -0.2) is 97.8 Å². The highest BCUT2D eigenvalue weighted by Gasteiger charge is 2.24. The van der Waals surface area contributed by atoms with Gasteiger partial charge in [-0.15, -0.1) is 0 Å². The van der Waals surface area contributed by atoms with Gasteiger partial charge in [0.1, 0.15) is 0 Å². The lowest BCUT2D eigenvalue weighted by Gasteiger charge is -2.38. The Balaban J connectivity index is 1.52. The smallest absolute Gasteiger partial charge is 0.225 e. The molecule has 2 aliphatic rings. The van der Waals surface area contributed by atoms with Crippen LogP contribution in [0.2, 0.25) is 0 Å². The number of ether oxygens (including phenoxy) is 1. The van der Waals surface area contributed by atoms with Gasteiger partial charge in [0, 0.05) is 71.3 Å². The molecule has 3 rings (SSSR count). The molecule has 156 valence electrons. The molecule has 1 N–H and O–H groups in total. The molecule has 0 radical (unpaired) electrons. The molecular weight excluding hydrogens is 354 g/mol. The lowest BCUT2D eigenvalue weighted by Crippen LogP contribution is -2.55. The minimum absolute atomic E-state index is 0.514. The van der Waals surface area contributed by atoms with E-state index in [9.17, 15) is 0 Å². The van der Waals surface area contributed by atoms with Gasteiger partial charge in [-0.3, -0.25) is 9.89 Å². The number of rotatable bonds is 6. The Labute approximate surface area is 169 Å². The quantitative estimate of drug-likeness (QED) is 0.573. The Morgan fingerprint density at radius 1 is 1.11 bits per heavy atom. The Hall–Kier alpha value is -1.93. The SMILES string of the molecule is CN=C(NCC(CC(C)C)N1CCOCC1)N1CCN(c2ncccn2)CC1. The van der Waals surface area contributed by atoms with E-state index in [1.165, 1.54) is 6.42 Å². The van der Waals surface area contributed by atoms with Gasteiger partial charge in [-0.1, -0.05) is 13.8 Å². The first-order valence-electron chi connectivity index (χ1n) is 10.5. The molecule has 8 heteroatoms. The zero-order valence-corrected chi connectivity index (χ0v) is 17.5. The fraction of sp³-hybridized carbons (Fsp3) is 0.750. The summed E-state index contributed by atoms with van der Waals surface area (Å²) in [6, 6.07) is 2.37. The standard InChI is InChI=1S/C20H35N7O/c1-17(2)15-18(25-11-13-28-14-12-25)16-24-19(21-3)26-7-9-27(10-8-26)20-22-5-4-6-23-20/h4-6,17-18H,7-16H2,1-3H3,(H,21,24). The van der Waals surface area contributed by atoms with Crippen LogP contribution >= 0.6 is 0 Å². The molecule has 1 aromatic heterocycles. The van der Waals surface area contributed by atoms with E-state index in [1.807, 2.05) is 13.1 Å². The van der Waals surface area contributed by atoms with Crippen LogP contribution in [0.3, 0.4) is 0 Å². The van der Waals surface area contributed by atoms with E-state index in [1.54, 1.807) is 12.4 Å². The van der Waals surface area contributed by atoms with Crippen LogP contribution in [0.5, 0.6) is 0 Å². The van der Waals surface area contributed by atoms with E-state index in [2.05, 4.69) is 48.8 Å². The lowest BCUT2D eigenvalue weighted by molar-refractivity contribution is 0.0131. The van der Waals surface area contributed by atoms with Crippen LogP contribution in [-0.2, 0) is 4.74 Å². The molecule has 0 bridgehead atoms. The highest BCUT2D eigenvalue weighted by Crippen LogP contribution is 2.14. The minimum Gasteiger partial charge on any atom is -0.379 e. The van der Waals surface area contributed by atoms with Gasteiger partial charge in [0.15, 0.2) is 5.96 Å². The fourth-order valence-electron chi connectivity index (χ4n) is 3.96. The fourth-order valence-corrected chi connectivity index (χ4v) is 3.96. The van der Waals surface area contributed by atoms with Crippen LogP contribution in [0.25, 0.3) is 0 Å². The van der Waals surface area contributed by atoms with Crippen molar-refractivity contribution in [1.82, 2.24) is 25.1 Å². The number of hydrogen-bond donors (Lipinski definition) is 1. The average Bonchev–Trinajstić information content (AvgIpc) is 2.75. The molecule has 0 saturated carbocycles. The predicted molar refractivity (Wildman–Crippen MR) is 113 cm³/mol. The van der Waals surface area contributed by atoms with Gasteiger partial charge in [0.05, 0.1) is 13.2 Å². The van der Waals surface area contributed by atoms with Gasteiger partial charge >= 0.3 is 0 Å². The zero-order chi connectivity index (χ0) is 19.8. The van der Waals surface area contributed by atoms with E-state index < -0.39 is 0 Å². The molecule has 0 amide bonds. The van der Waals surface area contributed by atoms with Gasteiger partial charge in [0.25, 0.3) is 0 Å². The third-order valence-corrected chi connectivity index (χ3v) is 5.43. The number of aromatic nitrogens is 2. The normalized spacial score (nSPS) is 20.5. The Kier molecular flexibility index (Phi) is 7.85. The Morgan fingerprint density at radius 3 is 2.39 bits per heavy atom. The van der Waals surface area contributed by atoms with E-state index in [0.717, 1.165) is 70.9 Å². The van der Waals surface area contributed by atoms with E-state index in [0.29, 0.717) is 12.0 Å². The number of aliphatic imine (C=N–C) groups is 1. The van der Waals surface area contributed by atoms with Crippen LogP contribution < -0.4 is 10.2 Å². The van der Waals surface area contributed by atoms with Gasteiger partial charge in [-0.25, -0.2) is 9.97 Å². The zero-order valence-electron chi connectivity index (χ0n) is 17.5. The van der Waals surface area contributed by atoms with Crippen LogP contribution in [0, 0.1) is 5.92 Å². The van der Waals surface area contributed by atoms with Crippen LogP contribution in [0.15, 0.2) is 23.5 Å². The van der Waals surface area contributed by atoms with E-state index in [-0.39, 0.29) is 0 Å². The molecule has 8 nitrogen and oxygen atoms in total. The third kappa shape index (κ3) is 5.78. The van der Waals surface area contributed by atoms with Crippen molar-refractivity contribution < 1.29 is 4.74 Å². The minimum atomic E-state index is 0.514. The second kappa shape index (κ2) is 10.6. The van der Waals surface area contributed by atoms with Crippen molar-refractivity contribution in [2.45, 2.75) is 26.3 Å². The second-order valence-electron chi connectivity index (χ2n) is 7.88. The molecule has 1 aromatic rings. The highest BCUT2D eigenvalue weighted by atomic mass is 16.5. The summed E-state index contributed by atoms with van der Waals surface area (Å²) in [7, 11) is 1.88. The lowest BCUT2D eigenvalue weighted by atomic mass is 10.0. The van der Waals surface area contributed by atoms with Gasteiger partial charge in [-0.05, 0) is 18.4 Å². The molecule has 2 aliphatic heterocycles.